The van der Waals surface area contributed by atoms with Crippen molar-refractivity contribution >= 4 is 5.69 Å². The van der Waals surface area contributed by atoms with Gasteiger partial charge in [0.15, 0.2) is 11.6 Å². The smallest absolute Gasteiger partial charge is 0.416 e. The van der Waals surface area contributed by atoms with E-state index in [4.69, 9.17) is 5.73 Å². The van der Waals surface area contributed by atoms with E-state index < -0.39 is 29.0 Å². The quantitative estimate of drug-likeness (QED) is 0.569. The van der Waals surface area contributed by atoms with E-state index in [0.717, 1.165) is 7.11 Å². The number of benzene rings is 1. The van der Waals surface area contributed by atoms with Gasteiger partial charge in [0.25, 0.3) is 0 Å². The van der Waals surface area contributed by atoms with Crippen LogP contribution in [-0.2, 0) is 6.18 Å². The summed E-state index contributed by atoms with van der Waals surface area (Å²) in [5.41, 5.74) is 3.42. The molecule has 0 bridgehead atoms. The van der Waals surface area contributed by atoms with E-state index in [9.17, 15) is 17.6 Å². The van der Waals surface area contributed by atoms with E-state index in [2.05, 4.69) is 4.74 Å². The highest BCUT2D eigenvalue weighted by Gasteiger charge is 2.32. The summed E-state index contributed by atoms with van der Waals surface area (Å²) in [6, 6.07) is 1.09. The molecule has 0 aliphatic rings. The molecule has 0 amide bonds. The van der Waals surface area contributed by atoms with Gasteiger partial charge in [-0.1, -0.05) is 0 Å². The zero-order valence-corrected chi connectivity index (χ0v) is 7.15. The third kappa shape index (κ3) is 1.89. The van der Waals surface area contributed by atoms with Crippen LogP contribution < -0.4 is 10.5 Å². The van der Waals surface area contributed by atoms with Crippen LogP contribution in [-0.4, -0.2) is 7.11 Å². The van der Waals surface area contributed by atoms with Crippen molar-refractivity contribution in [3.8, 4) is 5.75 Å². The Labute approximate surface area is 77.3 Å². The minimum atomic E-state index is -4.56. The van der Waals surface area contributed by atoms with Crippen LogP contribution in [0.5, 0.6) is 5.75 Å². The van der Waals surface area contributed by atoms with Gasteiger partial charge in [-0.2, -0.15) is 13.2 Å². The number of ether oxygens (including phenoxy) is 1. The molecule has 0 spiro atoms. The SMILES string of the molecule is COc1cc(C(F)(F)F)cc(N)c1F. The van der Waals surface area contributed by atoms with Gasteiger partial charge >= 0.3 is 6.18 Å². The zero-order valence-electron chi connectivity index (χ0n) is 7.15. The first kappa shape index (κ1) is 10.6. The summed E-state index contributed by atoms with van der Waals surface area (Å²) in [5, 5.41) is 0. The van der Waals surface area contributed by atoms with Crippen LogP contribution >= 0.6 is 0 Å². The number of nitrogens with two attached hydrogens (primary N) is 1. The van der Waals surface area contributed by atoms with E-state index in [1.54, 1.807) is 0 Å². The maximum atomic E-state index is 13.0. The third-order valence-electron chi connectivity index (χ3n) is 1.61. The summed E-state index contributed by atoms with van der Waals surface area (Å²) in [5.74, 6) is -1.50. The van der Waals surface area contributed by atoms with Gasteiger partial charge in [0.2, 0.25) is 0 Å². The number of alkyl halides is 3. The molecule has 0 radical (unpaired) electrons. The predicted molar refractivity (Wildman–Crippen MR) is 42.4 cm³/mol. The minimum Gasteiger partial charge on any atom is -0.494 e. The molecule has 14 heavy (non-hydrogen) atoms. The van der Waals surface area contributed by atoms with E-state index in [0.29, 0.717) is 12.1 Å². The second kappa shape index (κ2) is 3.36. The predicted octanol–water partition coefficient (Wildman–Crippen LogP) is 2.44. The average Bonchev–Trinajstić information content (AvgIpc) is 2.07. The van der Waals surface area contributed by atoms with Gasteiger partial charge in [-0.3, -0.25) is 0 Å². The molecule has 0 saturated carbocycles. The summed E-state index contributed by atoms with van der Waals surface area (Å²) >= 11 is 0. The molecule has 0 aliphatic heterocycles. The van der Waals surface area contributed by atoms with E-state index >= 15 is 0 Å². The van der Waals surface area contributed by atoms with Crippen molar-refractivity contribution in [1.82, 2.24) is 0 Å². The van der Waals surface area contributed by atoms with Crippen LogP contribution in [0.4, 0.5) is 23.2 Å². The van der Waals surface area contributed by atoms with Crippen molar-refractivity contribution in [3.05, 3.63) is 23.5 Å². The fraction of sp³-hybridized carbons (Fsp3) is 0.250. The van der Waals surface area contributed by atoms with Crippen LogP contribution in [0.15, 0.2) is 12.1 Å². The Kier molecular flexibility index (Phi) is 2.55. The van der Waals surface area contributed by atoms with Crippen LogP contribution in [0.1, 0.15) is 5.56 Å². The molecule has 0 aromatic heterocycles. The Morgan fingerprint density at radius 3 is 2.29 bits per heavy atom. The molecule has 0 unspecified atom stereocenters. The van der Waals surface area contributed by atoms with Gasteiger partial charge < -0.3 is 10.5 Å². The number of hydrogen-bond donors (Lipinski definition) is 1. The lowest BCUT2D eigenvalue weighted by Crippen LogP contribution is -2.07. The summed E-state index contributed by atoms with van der Waals surface area (Å²) in [7, 11) is 1.07. The lowest BCUT2D eigenvalue weighted by molar-refractivity contribution is -0.137. The Hall–Kier alpha value is -1.46. The molecule has 0 atom stereocenters. The number of rotatable bonds is 1. The lowest BCUT2D eigenvalue weighted by Gasteiger charge is -2.10. The molecule has 78 valence electrons. The molecular formula is C8H7F4NO. The Balaban J connectivity index is 3.30. The standard InChI is InChI=1S/C8H7F4NO/c1-14-6-3-4(8(10,11)12)2-5(13)7(6)9/h2-3H,13H2,1H3. The highest BCUT2D eigenvalue weighted by molar-refractivity contribution is 5.50. The van der Waals surface area contributed by atoms with Crippen LogP contribution in [0.2, 0.25) is 0 Å². The van der Waals surface area contributed by atoms with Crippen molar-refractivity contribution in [2.45, 2.75) is 6.18 Å². The highest BCUT2D eigenvalue weighted by atomic mass is 19.4. The van der Waals surface area contributed by atoms with Crippen molar-refractivity contribution in [1.29, 1.82) is 0 Å². The highest BCUT2D eigenvalue weighted by Crippen LogP contribution is 2.35. The second-order valence-corrected chi connectivity index (χ2v) is 2.58. The van der Waals surface area contributed by atoms with Crippen LogP contribution in [0, 0.1) is 5.82 Å². The number of nitrogen functional groups attached to an aromatic ring is 1. The van der Waals surface area contributed by atoms with Crippen LogP contribution in [0.3, 0.4) is 0 Å². The number of methoxy groups -OCH3 is 1. The summed E-state index contributed by atoms with van der Waals surface area (Å²) in [4.78, 5) is 0. The van der Waals surface area contributed by atoms with E-state index in [1.807, 2.05) is 0 Å². The summed E-state index contributed by atoms with van der Waals surface area (Å²) in [6.07, 6.45) is -4.56. The molecular weight excluding hydrogens is 202 g/mol. The van der Waals surface area contributed by atoms with Crippen molar-refractivity contribution in [3.63, 3.8) is 0 Å². The minimum absolute atomic E-state index is 0.516. The first-order valence-corrected chi connectivity index (χ1v) is 3.56. The Morgan fingerprint density at radius 2 is 1.86 bits per heavy atom. The first-order chi connectivity index (χ1) is 6.36. The third-order valence-corrected chi connectivity index (χ3v) is 1.61. The van der Waals surface area contributed by atoms with Gasteiger partial charge in [-0.25, -0.2) is 4.39 Å². The summed E-state index contributed by atoms with van der Waals surface area (Å²) < 4.78 is 53.9. The van der Waals surface area contributed by atoms with Gasteiger partial charge in [0, 0.05) is 0 Å². The van der Waals surface area contributed by atoms with Gasteiger partial charge in [0.05, 0.1) is 18.4 Å². The molecule has 0 heterocycles. The first-order valence-electron chi connectivity index (χ1n) is 3.56. The molecule has 1 aromatic rings. The molecule has 6 heteroatoms. The number of halogens is 4. The van der Waals surface area contributed by atoms with Crippen molar-refractivity contribution in [2.24, 2.45) is 0 Å². The molecule has 0 aliphatic carbocycles. The van der Waals surface area contributed by atoms with Crippen LogP contribution in [0.25, 0.3) is 0 Å². The fourth-order valence-electron chi connectivity index (χ4n) is 0.932. The van der Waals surface area contributed by atoms with Gasteiger partial charge in [0.1, 0.15) is 0 Å². The molecule has 1 aromatic carbocycles. The van der Waals surface area contributed by atoms with Gasteiger partial charge in [-0.05, 0) is 12.1 Å². The monoisotopic (exact) mass is 209 g/mol. The zero-order chi connectivity index (χ0) is 10.9. The number of hydrogen-bond acceptors (Lipinski definition) is 2. The second-order valence-electron chi connectivity index (χ2n) is 2.58. The average molecular weight is 209 g/mol. The van der Waals surface area contributed by atoms with E-state index in [1.165, 1.54) is 0 Å². The maximum Gasteiger partial charge on any atom is 0.416 e. The molecule has 0 fully saturated rings. The molecule has 1 rings (SSSR count). The largest absolute Gasteiger partial charge is 0.494 e. The fourth-order valence-corrected chi connectivity index (χ4v) is 0.932. The topological polar surface area (TPSA) is 35.2 Å². The van der Waals surface area contributed by atoms with Gasteiger partial charge in [-0.15, -0.1) is 0 Å². The molecule has 2 N–H and O–H groups in total. The maximum absolute atomic E-state index is 13.0. The molecule has 2 nitrogen and oxygen atoms in total. The Bertz CT molecular complexity index is 348. The normalized spacial score (nSPS) is 11.5. The number of anilines is 1. The van der Waals surface area contributed by atoms with Crippen molar-refractivity contribution < 1.29 is 22.3 Å². The van der Waals surface area contributed by atoms with Crippen molar-refractivity contribution in [2.75, 3.05) is 12.8 Å². The Morgan fingerprint density at radius 1 is 1.29 bits per heavy atom. The van der Waals surface area contributed by atoms with E-state index in [-0.39, 0.29) is 0 Å². The summed E-state index contributed by atoms with van der Waals surface area (Å²) in [6.45, 7) is 0. The lowest BCUT2D eigenvalue weighted by atomic mass is 10.1. The molecule has 0 saturated heterocycles.